The molecule has 33 heavy (non-hydrogen) atoms. The van der Waals surface area contributed by atoms with Gasteiger partial charge in [-0.2, -0.15) is 0 Å². The molecule has 0 bridgehead atoms. The predicted octanol–water partition coefficient (Wildman–Crippen LogP) is 3.17. The van der Waals surface area contributed by atoms with Crippen molar-refractivity contribution in [2.75, 3.05) is 6.61 Å². The van der Waals surface area contributed by atoms with E-state index in [-0.39, 0.29) is 41.8 Å². The molecule has 178 valence electrons. The molecule has 0 radical (unpaired) electrons. The second-order valence-corrected chi connectivity index (χ2v) is 10.5. The average Bonchev–Trinajstić information content (AvgIpc) is 3.04. The largest absolute Gasteiger partial charge is 0.481 e. The van der Waals surface area contributed by atoms with Crippen molar-refractivity contribution in [1.29, 1.82) is 0 Å². The lowest BCUT2D eigenvalue weighted by Gasteiger charge is -2.55. The SMILES string of the molecule is C[C@H]1C[C@@H]2C(=CC[C@@]3(C)[C@H]2CC[C@]3(O)C(=O)COC(=O)CCC(=O)O)[C@]2(C)C=CC(=O)C=C12. The fourth-order valence-electron chi connectivity index (χ4n) is 6.94. The van der Waals surface area contributed by atoms with Gasteiger partial charge in [0.1, 0.15) is 5.60 Å². The third kappa shape index (κ3) is 3.61. The highest BCUT2D eigenvalue weighted by Gasteiger charge is 2.64. The fraction of sp³-hybridized carbons (Fsp3) is 0.615. The van der Waals surface area contributed by atoms with Crippen molar-refractivity contribution in [3.63, 3.8) is 0 Å². The number of carboxylic acids is 1. The summed E-state index contributed by atoms with van der Waals surface area (Å²) in [4.78, 5) is 47.5. The number of aliphatic carboxylic acids is 1. The topological polar surface area (TPSA) is 118 Å². The van der Waals surface area contributed by atoms with Gasteiger partial charge < -0.3 is 14.9 Å². The lowest BCUT2D eigenvalue weighted by Crippen LogP contribution is -2.56. The van der Waals surface area contributed by atoms with Gasteiger partial charge in [-0.1, -0.05) is 31.6 Å². The van der Waals surface area contributed by atoms with Gasteiger partial charge in [-0.25, -0.2) is 0 Å². The minimum absolute atomic E-state index is 0.0211. The van der Waals surface area contributed by atoms with Gasteiger partial charge in [-0.3, -0.25) is 19.2 Å². The van der Waals surface area contributed by atoms with Crippen LogP contribution in [0.5, 0.6) is 0 Å². The standard InChI is InChI=1S/C26H32O7/c1-15-12-17-18(24(2)9-6-16(27)13-20(15)24)7-10-25(3)19(17)8-11-26(25,32)21(28)14-33-23(31)5-4-22(29)30/h6-7,9,13,15,17,19,32H,4-5,8,10-12,14H2,1-3H3,(H,29,30)/t15-,17+,19-,24-,25-,26-/m0/s1. The van der Waals surface area contributed by atoms with Gasteiger partial charge in [0.2, 0.25) is 5.78 Å². The maximum absolute atomic E-state index is 13.1. The Hall–Kier alpha value is -2.54. The Kier molecular flexibility index (Phi) is 5.76. The number of hydrogen-bond donors (Lipinski definition) is 2. The lowest BCUT2D eigenvalue weighted by molar-refractivity contribution is -0.164. The first-order valence-electron chi connectivity index (χ1n) is 11.7. The molecule has 0 spiro atoms. The monoisotopic (exact) mass is 456 g/mol. The second kappa shape index (κ2) is 8.05. The summed E-state index contributed by atoms with van der Waals surface area (Å²) in [7, 11) is 0. The van der Waals surface area contributed by atoms with Gasteiger partial charge in [-0.15, -0.1) is 0 Å². The van der Waals surface area contributed by atoms with Crippen molar-refractivity contribution in [2.45, 2.75) is 64.9 Å². The molecule has 2 saturated carbocycles. The molecule has 0 amide bonds. The molecule has 7 heteroatoms. The van der Waals surface area contributed by atoms with E-state index >= 15 is 0 Å². The van der Waals surface area contributed by atoms with Crippen molar-refractivity contribution in [2.24, 2.45) is 28.6 Å². The van der Waals surface area contributed by atoms with Crippen LogP contribution in [-0.4, -0.2) is 45.9 Å². The Morgan fingerprint density at radius 3 is 2.61 bits per heavy atom. The summed E-state index contributed by atoms with van der Waals surface area (Å²) in [6.45, 7) is 5.70. The van der Waals surface area contributed by atoms with Gasteiger partial charge in [-0.05, 0) is 68.1 Å². The van der Waals surface area contributed by atoms with Crippen LogP contribution in [0.4, 0.5) is 0 Å². The molecule has 2 N–H and O–H groups in total. The highest BCUT2D eigenvalue weighted by molar-refractivity contribution is 6.01. The summed E-state index contributed by atoms with van der Waals surface area (Å²) in [6, 6.07) is 0. The predicted molar refractivity (Wildman–Crippen MR) is 119 cm³/mol. The van der Waals surface area contributed by atoms with E-state index < -0.39 is 35.3 Å². The number of allylic oxidation sites excluding steroid dienone is 6. The molecule has 6 atom stereocenters. The van der Waals surface area contributed by atoms with Crippen LogP contribution in [0.2, 0.25) is 0 Å². The van der Waals surface area contributed by atoms with Crippen LogP contribution >= 0.6 is 0 Å². The van der Waals surface area contributed by atoms with Crippen LogP contribution in [0.25, 0.3) is 0 Å². The van der Waals surface area contributed by atoms with E-state index in [9.17, 15) is 24.3 Å². The van der Waals surface area contributed by atoms with Crippen molar-refractivity contribution in [3.8, 4) is 0 Å². The normalized spacial score (nSPS) is 39.0. The summed E-state index contributed by atoms with van der Waals surface area (Å²) in [5, 5.41) is 20.3. The molecule has 0 aromatic carbocycles. The van der Waals surface area contributed by atoms with Gasteiger partial charge in [0.05, 0.1) is 12.8 Å². The third-order valence-electron chi connectivity index (χ3n) is 8.80. The zero-order valence-corrected chi connectivity index (χ0v) is 19.4. The maximum Gasteiger partial charge on any atom is 0.306 e. The second-order valence-electron chi connectivity index (χ2n) is 10.5. The number of fused-ring (bicyclic) bond motifs is 5. The first kappa shape index (κ1) is 23.6. The van der Waals surface area contributed by atoms with Gasteiger partial charge >= 0.3 is 11.9 Å². The number of hydrogen-bond acceptors (Lipinski definition) is 6. The van der Waals surface area contributed by atoms with E-state index in [2.05, 4.69) is 19.9 Å². The highest BCUT2D eigenvalue weighted by atomic mass is 16.5. The maximum atomic E-state index is 13.1. The quantitative estimate of drug-likeness (QED) is 0.465. The van der Waals surface area contributed by atoms with Gasteiger partial charge in [0.15, 0.2) is 12.4 Å². The van der Waals surface area contributed by atoms with E-state index in [1.807, 2.05) is 13.0 Å². The van der Waals surface area contributed by atoms with Crippen LogP contribution in [0.1, 0.15) is 59.3 Å². The Morgan fingerprint density at radius 1 is 1.18 bits per heavy atom. The average molecular weight is 457 g/mol. The molecule has 4 aliphatic rings. The molecule has 0 aromatic heterocycles. The molecule has 0 heterocycles. The Morgan fingerprint density at radius 2 is 1.91 bits per heavy atom. The molecule has 0 unspecified atom stereocenters. The smallest absolute Gasteiger partial charge is 0.306 e. The molecule has 0 aromatic rings. The molecular formula is C26H32O7. The third-order valence-corrected chi connectivity index (χ3v) is 8.80. The van der Waals surface area contributed by atoms with E-state index in [1.165, 1.54) is 5.57 Å². The van der Waals surface area contributed by atoms with E-state index in [1.54, 1.807) is 12.2 Å². The molecule has 0 aliphatic heterocycles. The van der Waals surface area contributed by atoms with E-state index in [4.69, 9.17) is 9.84 Å². The van der Waals surface area contributed by atoms with Crippen LogP contribution in [0, 0.1) is 28.6 Å². The summed E-state index contributed by atoms with van der Waals surface area (Å²) in [5.41, 5.74) is -0.196. The fourth-order valence-corrected chi connectivity index (χ4v) is 6.94. The number of carboxylic acid groups (broad SMARTS) is 1. The number of ether oxygens (including phenoxy) is 1. The number of carbonyl (C=O) groups excluding carboxylic acids is 3. The van der Waals surface area contributed by atoms with Crippen molar-refractivity contribution in [3.05, 3.63) is 35.5 Å². The number of ketones is 2. The molecule has 0 saturated heterocycles. The first-order chi connectivity index (χ1) is 15.4. The number of carbonyl (C=O) groups is 4. The Bertz CT molecular complexity index is 1000. The van der Waals surface area contributed by atoms with Gasteiger partial charge in [0, 0.05) is 10.8 Å². The van der Waals surface area contributed by atoms with Crippen molar-refractivity contribution < 1.29 is 34.1 Å². The summed E-state index contributed by atoms with van der Waals surface area (Å²) >= 11 is 0. The van der Waals surface area contributed by atoms with Crippen LogP contribution in [-0.2, 0) is 23.9 Å². The summed E-state index contributed by atoms with van der Waals surface area (Å²) < 4.78 is 5.00. The minimum atomic E-state index is -1.61. The summed E-state index contributed by atoms with van der Waals surface area (Å²) in [6.07, 6.45) is 9.28. The van der Waals surface area contributed by atoms with Crippen molar-refractivity contribution in [1.82, 2.24) is 0 Å². The van der Waals surface area contributed by atoms with Crippen LogP contribution in [0.3, 0.4) is 0 Å². The Labute approximate surface area is 193 Å². The highest BCUT2D eigenvalue weighted by Crippen LogP contribution is 2.65. The Balaban J connectivity index is 1.56. The van der Waals surface area contributed by atoms with E-state index in [0.717, 1.165) is 12.0 Å². The molecular weight excluding hydrogens is 424 g/mol. The molecule has 2 fully saturated rings. The van der Waals surface area contributed by atoms with Crippen LogP contribution < -0.4 is 0 Å². The van der Waals surface area contributed by atoms with Gasteiger partial charge in [0.25, 0.3) is 0 Å². The zero-order valence-electron chi connectivity index (χ0n) is 19.4. The number of esters is 1. The summed E-state index contributed by atoms with van der Waals surface area (Å²) in [5.74, 6) is -1.86. The van der Waals surface area contributed by atoms with Crippen LogP contribution in [0.15, 0.2) is 35.5 Å². The van der Waals surface area contributed by atoms with E-state index in [0.29, 0.717) is 19.3 Å². The lowest BCUT2D eigenvalue weighted by atomic mass is 9.49. The number of aliphatic hydroxyl groups is 1. The zero-order chi connectivity index (χ0) is 24.2. The molecule has 4 rings (SSSR count). The molecule has 4 aliphatic carbocycles. The first-order valence-corrected chi connectivity index (χ1v) is 11.7. The number of Topliss-reactive ketones (excluding diaryl/α,β-unsaturated/α-hetero) is 1. The minimum Gasteiger partial charge on any atom is -0.481 e. The number of rotatable bonds is 6. The van der Waals surface area contributed by atoms with Crippen molar-refractivity contribution >= 4 is 23.5 Å². The molecule has 7 nitrogen and oxygen atoms in total.